The van der Waals surface area contributed by atoms with Gasteiger partial charge in [-0.1, -0.05) is 29.8 Å². The number of hydrogen-bond donors (Lipinski definition) is 1. The lowest BCUT2D eigenvalue weighted by atomic mass is 9.98. The number of carbonyl (C=O) groups is 1. The monoisotopic (exact) mass is 459 g/mol. The number of likely N-dealkylation sites (tertiary alicyclic amines) is 1. The fourth-order valence-electron chi connectivity index (χ4n) is 3.14. The summed E-state index contributed by atoms with van der Waals surface area (Å²) in [4.78, 5) is 18.5. The van der Waals surface area contributed by atoms with E-state index in [-0.39, 0.29) is 35.9 Å². The van der Waals surface area contributed by atoms with Crippen LogP contribution in [0.4, 0.5) is 0 Å². The average Bonchev–Trinajstić information content (AvgIpc) is 2.59. The van der Waals surface area contributed by atoms with Crippen molar-refractivity contribution in [2.45, 2.75) is 33.1 Å². The van der Waals surface area contributed by atoms with Crippen molar-refractivity contribution in [1.82, 2.24) is 10.2 Å². The summed E-state index contributed by atoms with van der Waals surface area (Å²) >= 11 is 0. The van der Waals surface area contributed by atoms with Crippen molar-refractivity contribution < 1.29 is 9.53 Å². The van der Waals surface area contributed by atoms with Gasteiger partial charge in [0.1, 0.15) is 0 Å². The van der Waals surface area contributed by atoms with E-state index < -0.39 is 0 Å². The standard InChI is InChI=1S/C19H29N3O2.HI/c1-4-24-18(23)17-9-6-12-22(14-17)19(20-3)21-11-10-16-8-5-7-15(2)13-16;/h5,7-8,13,17H,4,6,9-12,14H2,1-3H3,(H,20,21);1H. The first kappa shape index (κ1) is 21.7. The van der Waals surface area contributed by atoms with Gasteiger partial charge in [0, 0.05) is 26.7 Å². The maximum absolute atomic E-state index is 12.0. The van der Waals surface area contributed by atoms with Crippen molar-refractivity contribution in [3.8, 4) is 0 Å². The summed E-state index contributed by atoms with van der Waals surface area (Å²) in [6.45, 7) is 6.85. The molecule has 25 heavy (non-hydrogen) atoms. The molecule has 1 aliphatic heterocycles. The van der Waals surface area contributed by atoms with E-state index in [2.05, 4.69) is 46.4 Å². The Kier molecular flexibility index (Phi) is 9.85. The van der Waals surface area contributed by atoms with Gasteiger partial charge in [0.2, 0.25) is 0 Å². The van der Waals surface area contributed by atoms with E-state index in [1.807, 2.05) is 6.92 Å². The fourth-order valence-corrected chi connectivity index (χ4v) is 3.14. The molecule has 1 saturated heterocycles. The Hall–Kier alpha value is -1.31. The first-order chi connectivity index (χ1) is 11.6. The molecule has 0 saturated carbocycles. The molecule has 0 spiro atoms. The van der Waals surface area contributed by atoms with Gasteiger partial charge in [-0.2, -0.15) is 0 Å². The number of halogens is 1. The zero-order valence-corrected chi connectivity index (χ0v) is 17.8. The average molecular weight is 459 g/mol. The molecule has 1 unspecified atom stereocenters. The van der Waals surface area contributed by atoms with Crippen LogP contribution in [0.15, 0.2) is 29.3 Å². The number of hydrogen-bond acceptors (Lipinski definition) is 3. The van der Waals surface area contributed by atoms with E-state index in [4.69, 9.17) is 4.74 Å². The minimum atomic E-state index is -0.0857. The predicted octanol–water partition coefficient (Wildman–Crippen LogP) is 3.01. The molecule has 2 rings (SSSR count). The zero-order chi connectivity index (χ0) is 17.4. The number of aliphatic imine (C=N–C) groups is 1. The van der Waals surface area contributed by atoms with E-state index in [1.165, 1.54) is 11.1 Å². The number of carbonyl (C=O) groups excluding carboxylic acids is 1. The molecule has 1 aliphatic rings. The Morgan fingerprint density at radius 2 is 2.24 bits per heavy atom. The summed E-state index contributed by atoms with van der Waals surface area (Å²) in [5, 5.41) is 3.42. The highest BCUT2D eigenvalue weighted by Gasteiger charge is 2.28. The summed E-state index contributed by atoms with van der Waals surface area (Å²) in [5.74, 6) is 0.739. The van der Waals surface area contributed by atoms with Gasteiger partial charge < -0.3 is 15.0 Å². The number of aryl methyl sites for hydroxylation is 1. The quantitative estimate of drug-likeness (QED) is 0.319. The van der Waals surface area contributed by atoms with Crippen LogP contribution in [-0.2, 0) is 16.0 Å². The lowest BCUT2D eigenvalue weighted by Gasteiger charge is -2.34. The molecule has 1 aromatic rings. The number of esters is 1. The van der Waals surface area contributed by atoms with Gasteiger partial charge in [0.25, 0.3) is 0 Å². The lowest BCUT2D eigenvalue weighted by Crippen LogP contribution is -2.48. The van der Waals surface area contributed by atoms with E-state index in [9.17, 15) is 4.79 Å². The van der Waals surface area contributed by atoms with Crippen molar-refractivity contribution in [3.63, 3.8) is 0 Å². The SMILES string of the molecule is CCOC(=O)C1CCCN(C(=NC)NCCc2cccc(C)c2)C1.I. The zero-order valence-electron chi connectivity index (χ0n) is 15.5. The van der Waals surface area contributed by atoms with Crippen LogP contribution in [-0.4, -0.2) is 50.1 Å². The first-order valence-corrected chi connectivity index (χ1v) is 8.81. The smallest absolute Gasteiger partial charge is 0.310 e. The van der Waals surface area contributed by atoms with Crippen molar-refractivity contribution in [3.05, 3.63) is 35.4 Å². The maximum Gasteiger partial charge on any atom is 0.310 e. The van der Waals surface area contributed by atoms with Crippen LogP contribution < -0.4 is 5.32 Å². The second-order valence-corrected chi connectivity index (χ2v) is 6.25. The van der Waals surface area contributed by atoms with Crippen LogP contribution in [0.2, 0.25) is 0 Å². The normalized spacial score (nSPS) is 17.6. The highest BCUT2D eigenvalue weighted by molar-refractivity contribution is 14.0. The van der Waals surface area contributed by atoms with Crippen molar-refractivity contribution in [2.24, 2.45) is 10.9 Å². The number of nitrogens with zero attached hydrogens (tertiary/aromatic N) is 2. The third kappa shape index (κ3) is 6.84. The minimum absolute atomic E-state index is 0. The molecule has 1 N–H and O–H groups in total. The highest BCUT2D eigenvalue weighted by Crippen LogP contribution is 2.18. The Morgan fingerprint density at radius 1 is 1.44 bits per heavy atom. The van der Waals surface area contributed by atoms with Crippen molar-refractivity contribution in [1.29, 1.82) is 0 Å². The number of piperidine rings is 1. The number of guanidine groups is 1. The Labute approximate surface area is 168 Å². The largest absolute Gasteiger partial charge is 0.466 e. The molecule has 140 valence electrons. The Morgan fingerprint density at radius 3 is 2.92 bits per heavy atom. The van der Waals surface area contributed by atoms with Gasteiger partial charge in [0.15, 0.2) is 5.96 Å². The molecular formula is C19H30IN3O2. The van der Waals surface area contributed by atoms with Crippen LogP contribution in [0.3, 0.4) is 0 Å². The van der Waals surface area contributed by atoms with E-state index in [1.54, 1.807) is 7.05 Å². The predicted molar refractivity (Wildman–Crippen MR) is 113 cm³/mol. The number of rotatable bonds is 5. The van der Waals surface area contributed by atoms with Crippen molar-refractivity contribution in [2.75, 3.05) is 33.3 Å². The van der Waals surface area contributed by atoms with Gasteiger partial charge in [0.05, 0.1) is 12.5 Å². The Balaban J connectivity index is 0.00000312. The molecule has 1 fully saturated rings. The van der Waals surface area contributed by atoms with Crippen molar-refractivity contribution >= 4 is 35.9 Å². The third-order valence-corrected chi connectivity index (χ3v) is 4.33. The van der Waals surface area contributed by atoms with Crippen LogP contribution in [0.5, 0.6) is 0 Å². The van der Waals surface area contributed by atoms with Crippen LogP contribution in [0, 0.1) is 12.8 Å². The summed E-state index contributed by atoms with van der Waals surface area (Å²) in [5.41, 5.74) is 2.60. The molecule has 0 amide bonds. The van der Waals surface area contributed by atoms with Gasteiger partial charge >= 0.3 is 5.97 Å². The number of benzene rings is 1. The summed E-state index contributed by atoms with van der Waals surface area (Å²) < 4.78 is 5.17. The summed E-state index contributed by atoms with van der Waals surface area (Å²) in [6, 6.07) is 8.56. The molecule has 1 aromatic carbocycles. The molecule has 0 aromatic heterocycles. The number of ether oxygens (including phenoxy) is 1. The molecule has 1 heterocycles. The Bertz CT molecular complexity index is 578. The summed E-state index contributed by atoms with van der Waals surface area (Å²) in [6.07, 6.45) is 2.84. The molecule has 6 heteroatoms. The van der Waals surface area contributed by atoms with Crippen LogP contribution >= 0.6 is 24.0 Å². The minimum Gasteiger partial charge on any atom is -0.466 e. The second kappa shape index (κ2) is 11.3. The van der Waals surface area contributed by atoms with E-state index in [0.29, 0.717) is 13.2 Å². The van der Waals surface area contributed by atoms with Crippen LogP contribution in [0.25, 0.3) is 0 Å². The van der Waals surface area contributed by atoms with E-state index >= 15 is 0 Å². The molecule has 5 nitrogen and oxygen atoms in total. The molecule has 0 bridgehead atoms. The topological polar surface area (TPSA) is 53.9 Å². The number of nitrogens with one attached hydrogen (secondary N) is 1. The van der Waals surface area contributed by atoms with Gasteiger partial charge in [-0.25, -0.2) is 0 Å². The lowest BCUT2D eigenvalue weighted by molar-refractivity contribution is -0.149. The van der Waals surface area contributed by atoms with E-state index in [0.717, 1.165) is 38.3 Å². The second-order valence-electron chi connectivity index (χ2n) is 6.25. The maximum atomic E-state index is 12.0. The highest BCUT2D eigenvalue weighted by atomic mass is 127. The molecule has 0 aliphatic carbocycles. The molecular weight excluding hydrogens is 429 g/mol. The van der Waals surface area contributed by atoms with Gasteiger partial charge in [-0.05, 0) is 38.7 Å². The molecule has 1 atom stereocenters. The first-order valence-electron chi connectivity index (χ1n) is 8.81. The molecule has 0 radical (unpaired) electrons. The van der Waals surface area contributed by atoms with Gasteiger partial charge in [-0.3, -0.25) is 9.79 Å². The fraction of sp³-hybridized carbons (Fsp3) is 0.579. The third-order valence-electron chi connectivity index (χ3n) is 4.33. The summed E-state index contributed by atoms with van der Waals surface area (Å²) in [7, 11) is 1.79. The van der Waals surface area contributed by atoms with Gasteiger partial charge in [-0.15, -0.1) is 24.0 Å². The van der Waals surface area contributed by atoms with Crippen LogP contribution in [0.1, 0.15) is 30.9 Å².